The molecular weight excluding hydrogens is 416 g/mol. The summed E-state index contributed by atoms with van der Waals surface area (Å²) in [5.41, 5.74) is 3.55. The van der Waals surface area contributed by atoms with Crippen LogP contribution in [0.15, 0.2) is 30.3 Å². The van der Waals surface area contributed by atoms with Crippen LogP contribution in [0.1, 0.15) is 42.9 Å². The molecule has 2 aromatic rings. The Labute approximate surface area is 187 Å². The SMILES string of the molecule is CCOC(=O)CCc1ccc2c(c1)CCN(c1cc(OC3CC(OC)C3)cc(F)c1F)C2. The number of carbonyl (C=O) groups excluding carboxylic acids is 1. The lowest BCUT2D eigenvalue weighted by molar-refractivity contribution is -0.143. The van der Waals surface area contributed by atoms with Crippen LogP contribution in [0, 0.1) is 11.6 Å². The Kier molecular flexibility index (Phi) is 6.94. The molecule has 0 bridgehead atoms. The van der Waals surface area contributed by atoms with Gasteiger partial charge in [-0.2, -0.15) is 0 Å². The molecule has 2 aromatic carbocycles. The van der Waals surface area contributed by atoms with E-state index in [1.807, 2.05) is 17.0 Å². The van der Waals surface area contributed by atoms with Crippen molar-refractivity contribution in [2.75, 3.05) is 25.2 Å². The Morgan fingerprint density at radius 2 is 1.94 bits per heavy atom. The van der Waals surface area contributed by atoms with Crippen LogP contribution in [0.4, 0.5) is 14.5 Å². The quantitative estimate of drug-likeness (QED) is 0.557. The molecule has 0 aromatic heterocycles. The lowest BCUT2D eigenvalue weighted by Gasteiger charge is -2.35. The van der Waals surface area contributed by atoms with Gasteiger partial charge >= 0.3 is 5.97 Å². The molecule has 172 valence electrons. The van der Waals surface area contributed by atoms with Crippen LogP contribution in [0.2, 0.25) is 0 Å². The highest BCUT2D eigenvalue weighted by molar-refractivity contribution is 5.69. The smallest absolute Gasteiger partial charge is 0.306 e. The fraction of sp³-hybridized carbons (Fsp3) is 0.480. The third-order valence-corrected chi connectivity index (χ3v) is 6.22. The van der Waals surface area contributed by atoms with Crippen molar-refractivity contribution in [2.24, 2.45) is 0 Å². The molecule has 0 radical (unpaired) electrons. The van der Waals surface area contributed by atoms with E-state index >= 15 is 0 Å². The summed E-state index contributed by atoms with van der Waals surface area (Å²) in [4.78, 5) is 13.5. The van der Waals surface area contributed by atoms with Gasteiger partial charge in [0.15, 0.2) is 11.6 Å². The summed E-state index contributed by atoms with van der Waals surface area (Å²) in [7, 11) is 1.66. The first kappa shape index (κ1) is 22.5. The number of carbonyl (C=O) groups is 1. The van der Waals surface area contributed by atoms with Gasteiger partial charge in [0.25, 0.3) is 0 Å². The number of methoxy groups -OCH3 is 1. The minimum atomic E-state index is -0.903. The van der Waals surface area contributed by atoms with E-state index in [1.165, 1.54) is 5.56 Å². The van der Waals surface area contributed by atoms with Crippen LogP contribution < -0.4 is 9.64 Å². The zero-order chi connectivity index (χ0) is 22.7. The summed E-state index contributed by atoms with van der Waals surface area (Å²) in [6.07, 6.45) is 3.33. The molecule has 0 atom stereocenters. The molecule has 1 heterocycles. The molecule has 0 spiro atoms. The number of hydrogen-bond acceptors (Lipinski definition) is 5. The molecule has 0 amide bonds. The molecule has 1 aliphatic heterocycles. The molecule has 1 saturated carbocycles. The maximum atomic E-state index is 14.7. The second kappa shape index (κ2) is 9.86. The Hall–Kier alpha value is -2.67. The molecule has 0 unspecified atom stereocenters. The number of ether oxygens (including phenoxy) is 3. The first-order valence-corrected chi connectivity index (χ1v) is 11.2. The second-order valence-electron chi connectivity index (χ2n) is 8.39. The van der Waals surface area contributed by atoms with Crippen molar-refractivity contribution in [1.29, 1.82) is 0 Å². The predicted molar refractivity (Wildman–Crippen MR) is 117 cm³/mol. The Bertz CT molecular complexity index is 975. The monoisotopic (exact) mass is 445 g/mol. The zero-order valence-corrected chi connectivity index (χ0v) is 18.5. The van der Waals surface area contributed by atoms with Gasteiger partial charge in [-0.15, -0.1) is 0 Å². The number of esters is 1. The van der Waals surface area contributed by atoms with Crippen LogP contribution in [-0.2, 0) is 33.7 Å². The van der Waals surface area contributed by atoms with Crippen LogP contribution in [0.25, 0.3) is 0 Å². The predicted octanol–water partition coefficient (Wildman–Crippen LogP) is 4.58. The van der Waals surface area contributed by atoms with Gasteiger partial charge in [-0.1, -0.05) is 18.2 Å². The summed E-state index contributed by atoms with van der Waals surface area (Å²) in [6, 6.07) is 8.81. The van der Waals surface area contributed by atoms with E-state index in [0.717, 1.165) is 30.0 Å². The molecule has 0 N–H and O–H groups in total. The Balaban J connectivity index is 1.44. The van der Waals surface area contributed by atoms with E-state index in [2.05, 4.69) is 6.07 Å². The highest BCUT2D eigenvalue weighted by Crippen LogP contribution is 2.34. The molecule has 0 saturated heterocycles. The van der Waals surface area contributed by atoms with Gasteiger partial charge in [0, 0.05) is 51.6 Å². The number of nitrogens with zero attached hydrogens (tertiary/aromatic N) is 1. The first-order valence-electron chi connectivity index (χ1n) is 11.2. The molecule has 32 heavy (non-hydrogen) atoms. The highest BCUT2D eigenvalue weighted by atomic mass is 19.2. The summed E-state index contributed by atoms with van der Waals surface area (Å²) in [5, 5.41) is 0. The molecule has 2 aliphatic rings. The lowest BCUT2D eigenvalue weighted by atomic mass is 9.92. The van der Waals surface area contributed by atoms with E-state index in [1.54, 1.807) is 20.1 Å². The van der Waals surface area contributed by atoms with Crippen molar-refractivity contribution >= 4 is 11.7 Å². The van der Waals surface area contributed by atoms with Gasteiger partial charge in [-0.05, 0) is 36.5 Å². The topological polar surface area (TPSA) is 48.0 Å². The van der Waals surface area contributed by atoms with Crippen molar-refractivity contribution in [1.82, 2.24) is 0 Å². The second-order valence-corrected chi connectivity index (χ2v) is 8.39. The third kappa shape index (κ3) is 5.04. The van der Waals surface area contributed by atoms with Gasteiger partial charge in [-0.25, -0.2) is 8.78 Å². The molecular formula is C25H29F2NO4. The zero-order valence-electron chi connectivity index (χ0n) is 18.5. The number of fused-ring (bicyclic) bond motifs is 1. The molecule has 1 fully saturated rings. The van der Waals surface area contributed by atoms with E-state index in [-0.39, 0.29) is 23.9 Å². The molecule has 5 nitrogen and oxygen atoms in total. The standard InChI is InChI=1S/C25H29F2NO4/c1-3-31-24(29)7-5-16-4-6-18-15-28(9-8-17(18)10-16)23-14-21(13-22(26)25(23)27)32-20-11-19(12-20)30-2/h4,6,10,13-14,19-20H,3,5,7-9,11-12,15H2,1-2H3. The number of hydrogen-bond donors (Lipinski definition) is 0. The van der Waals surface area contributed by atoms with Gasteiger partial charge in [0.1, 0.15) is 11.9 Å². The number of anilines is 1. The van der Waals surface area contributed by atoms with E-state index in [0.29, 0.717) is 44.7 Å². The first-order chi connectivity index (χ1) is 15.5. The minimum absolute atomic E-state index is 0.0345. The van der Waals surface area contributed by atoms with Crippen LogP contribution in [0.5, 0.6) is 5.75 Å². The van der Waals surface area contributed by atoms with Crippen molar-refractivity contribution in [3.8, 4) is 5.75 Å². The van der Waals surface area contributed by atoms with Crippen molar-refractivity contribution in [3.05, 3.63) is 58.7 Å². The maximum absolute atomic E-state index is 14.7. The molecule has 1 aliphatic carbocycles. The van der Waals surface area contributed by atoms with Gasteiger partial charge in [0.05, 0.1) is 18.4 Å². The highest BCUT2D eigenvalue weighted by Gasteiger charge is 2.31. The van der Waals surface area contributed by atoms with Crippen LogP contribution in [-0.4, -0.2) is 38.4 Å². The van der Waals surface area contributed by atoms with Crippen molar-refractivity contribution in [3.63, 3.8) is 0 Å². The number of halogens is 2. The Morgan fingerprint density at radius 1 is 1.12 bits per heavy atom. The lowest BCUT2D eigenvalue weighted by Crippen LogP contribution is -2.39. The normalized spacial score (nSPS) is 19.8. The molecule has 4 rings (SSSR count). The van der Waals surface area contributed by atoms with Crippen LogP contribution in [0.3, 0.4) is 0 Å². The number of benzene rings is 2. The van der Waals surface area contributed by atoms with E-state index in [9.17, 15) is 13.6 Å². The van der Waals surface area contributed by atoms with Crippen molar-refractivity contribution < 1.29 is 27.8 Å². The average Bonchev–Trinajstić information content (AvgIpc) is 2.76. The fourth-order valence-electron chi connectivity index (χ4n) is 4.29. The maximum Gasteiger partial charge on any atom is 0.306 e. The summed E-state index contributed by atoms with van der Waals surface area (Å²) < 4.78 is 45.1. The average molecular weight is 446 g/mol. The number of aryl methyl sites for hydroxylation is 1. The third-order valence-electron chi connectivity index (χ3n) is 6.22. The summed E-state index contributed by atoms with van der Waals surface area (Å²) in [5.74, 6) is -1.61. The van der Waals surface area contributed by atoms with Gasteiger partial charge in [0.2, 0.25) is 0 Å². The van der Waals surface area contributed by atoms with Gasteiger partial charge < -0.3 is 19.1 Å². The van der Waals surface area contributed by atoms with E-state index in [4.69, 9.17) is 14.2 Å². The van der Waals surface area contributed by atoms with E-state index < -0.39 is 11.6 Å². The largest absolute Gasteiger partial charge is 0.490 e. The fourth-order valence-corrected chi connectivity index (χ4v) is 4.29. The van der Waals surface area contributed by atoms with Crippen LogP contribution >= 0.6 is 0 Å². The van der Waals surface area contributed by atoms with Crippen molar-refractivity contribution in [2.45, 2.75) is 57.8 Å². The summed E-state index contributed by atoms with van der Waals surface area (Å²) in [6.45, 7) is 3.24. The van der Waals surface area contributed by atoms with Gasteiger partial charge in [-0.3, -0.25) is 4.79 Å². The molecule has 7 heteroatoms. The Morgan fingerprint density at radius 3 is 2.69 bits per heavy atom. The minimum Gasteiger partial charge on any atom is -0.490 e. The number of rotatable bonds is 8. The summed E-state index contributed by atoms with van der Waals surface area (Å²) >= 11 is 0.